The summed E-state index contributed by atoms with van der Waals surface area (Å²) in [5, 5.41) is 8.64. The summed E-state index contributed by atoms with van der Waals surface area (Å²) in [7, 11) is 0. The van der Waals surface area contributed by atoms with E-state index in [9.17, 15) is 4.79 Å². The van der Waals surface area contributed by atoms with Crippen molar-refractivity contribution >= 4 is 17.8 Å². The molecule has 0 saturated heterocycles. The highest BCUT2D eigenvalue weighted by Gasteiger charge is 2.10. The van der Waals surface area contributed by atoms with Crippen LogP contribution in [-0.4, -0.2) is 28.5 Å². The van der Waals surface area contributed by atoms with Gasteiger partial charge in [-0.2, -0.15) is 10.2 Å². The summed E-state index contributed by atoms with van der Waals surface area (Å²) in [4.78, 5) is 12.0. The lowest BCUT2D eigenvalue weighted by atomic mass is 10.1. The molecule has 0 bridgehead atoms. The molecule has 3 rings (SSSR count). The van der Waals surface area contributed by atoms with Crippen LogP contribution in [0.15, 0.2) is 78.3 Å². The number of benzene rings is 1. The van der Waals surface area contributed by atoms with Crippen molar-refractivity contribution in [2.24, 2.45) is 5.10 Å². The molecule has 2 aromatic rings. The zero-order valence-electron chi connectivity index (χ0n) is 16.6. The first-order valence-corrected chi connectivity index (χ1v) is 9.33. The Hall–Kier alpha value is -3.67. The van der Waals surface area contributed by atoms with Crippen molar-refractivity contribution in [3.8, 4) is 11.3 Å². The Morgan fingerprint density at radius 1 is 1.34 bits per heavy atom. The maximum Gasteiger partial charge on any atom is 0.277 e. The van der Waals surface area contributed by atoms with Crippen molar-refractivity contribution < 1.29 is 9.53 Å². The zero-order chi connectivity index (χ0) is 20.6. The van der Waals surface area contributed by atoms with Crippen LogP contribution in [0.3, 0.4) is 0 Å². The van der Waals surface area contributed by atoms with Crippen LogP contribution < -0.4 is 5.43 Å². The standard InChI is InChI=1S/C23H24N4O2/c1-17(2)27-15-20(23(26-27)19-12-10-18(3)11-13-19)14-24-25-22(28)16-29-21-8-6-4-5-7-9-21/h4-6,8-15H,1,7,16H2,2-3H3,(H,25,28)/b24-14+. The molecule has 0 fully saturated rings. The highest BCUT2D eigenvalue weighted by molar-refractivity contribution is 5.90. The molecule has 148 valence electrons. The van der Waals surface area contributed by atoms with Crippen molar-refractivity contribution in [1.82, 2.24) is 15.2 Å². The van der Waals surface area contributed by atoms with Crippen molar-refractivity contribution in [2.45, 2.75) is 20.3 Å². The molecule has 1 aliphatic carbocycles. The van der Waals surface area contributed by atoms with Crippen LogP contribution in [-0.2, 0) is 9.53 Å². The molecule has 0 radical (unpaired) electrons. The van der Waals surface area contributed by atoms with Crippen LogP contribution in [0.2, 0.25) is 0 Å². The minimum atomic E-state index is -0.336. The Kier molecular flexibility index (Phi) is 6.58. The van der Waals surface area contributed by atoms with Crippen LogP contribution in [0.1, 0.15) is 24.5 Å². The molecular formula is C23H24N4O2. The van der Waals surface area contributed by atoms with Crippen molar-refractivity contribution in [1.29, 1.82) is 0 Å². The lowest BCUT2D eigenvalue weighted by Crippen LogP contribution is -2.22. The zero-order valence-corrected chi connectivity index (χ0v) is 16.6. The highest BCUT2D eigenvalue weighted by atomic mass is 16.5. The number of allylic oxidation sites excluding steroid dienone is 6. The van der Waals surface area contributed by atoms with Gasteiger partial charge < -0.3 is 4.74 Å². The van der Waals surface area contributed by atoms with Crippen LogP contribution in [0.25, 0.3) is 17.0 Å². The number of carbonyl (C=O) groups excluding carboxylic acids is 1. The number of nitrogens with zero attached hydrogens (tertiary/aromatic N) is 3. The van der Waals surface area contributed by atoms with Gasteiger partial charge in [-0.1, -0.05) is 54.6 Å². The van der Waals surface area contributed by atoms with E-state index in [-0.39, 0.29) is 12.5 Å². The molecule has 29 heavy (non-hydrogen) atoms. The van der Waals surface area contributed by atoms with Crippen LogP contribution in [0, 0.1) is 6.92 Å². The molecule has 1 aromatic carbocycles. The number of amides is 1. The monoisotopic (exact) mass is 388 g/mol. The number of aryl methyl sites for hydroxylation is 1. The number of aromatic nitrogens is 2. The smallest absolute Gasteiger partial charge is 0.277 e. The first-order valence-electron chi connectivity index (χ1n) is 9.33. The van der Waals surface area contributed by atoms with Crippen LogP contribution in [0.5, 0.6) is 0 Å². The summed E-state index contributed by atoms with van der Waals surface area (Å²) in [5.74, 6) is 0.329. The molecule has 1 amide bonds. The van der Waals surface area contributed by atoms with Crippen molar-refractivity contribution in [2.75, 3.05) is 6.61 Å². The van der Waals surface area contributed by atoms with Crippen LogP contribution in [0.4, 0.5) is 0 Å². The Morgan fingerprint density at radius 3 is 2.90 bits per heavy atom. The predicted octanol–water partition coefficient (Wildman–Crippen LogP) is 4.22. The Labute approximate surface area is 170 Å². The molecule has 0 aliphatic heterocycles. The molecule has 6 nitrogen and oxygen atoms in total. The molecule has 0 spiro atoms. The molecule has 6 heteroatoms. The van der Waals surface area contributed by atoms with Crippen molar-refractivity contribution in [3.05, 3.63) is 84.3 Å². The third kappa shape index (κ3) is 5.65. The maximum atomic E-state index is 12.0. The number of hydrogen-bond acceptors (Lipinski definition) is 4. The highest BCUT2D eigenvalue weighted by Crippen LogP contribution is 2.22. The molecule has 0 unspecified atom stereocenters. The fourth-order valence-corrected chi connectivity index (χ4v) is 2.63. The first kappa shape index (κ1) is 20.1. The third-order valence-electron chi connectivity index (χ3n) is 4.18. The van der Waals surface area contributed by atoms with Gasteiger partial charge in [0, 0.05) is 23.0 Å². The van der Waals surface area contributed by atoms with E-state index in [1.807, 2.05) is 74.7 Å². The third-order valence-corrected chi connectivity index (χ3v) is 4.18. The van der Waals surface area contributed by atoms with Gasteiger partial charge in [0.2, 0.25) is 0 Å². The van der Waals surface area contributed by atoms with E-state index in [1.165, 1.54) is 5.56 Å². The van der Waals surface area contributed by atoms with Gasteiger partial charge in [-0.3, -0.25) is 4.79 Å². The second-order valence-electron chi connectivity index (χ2n) is 6.69. The largest absolute Gasteiger partial charge is 0.484 e. The number of ether oxygens (including phenoxy) is 1. The first-order chi connectivity index (χ1) is 14.0. The van der Waals surface area contributed by atoms with Gasteiger partial charge in [0.05, 0.1) is 6.21 Å². The fourth-order valence-electron chi connectivity index (χ4n) is 2.63. The Bertz CT molecular complexity index is 1010. The Morgan fingerprint density at radius 2 is 2.14 bits per heavy atom. The molecule has 0 saturated carbocycles. The number of nitrogens with one attached hydrogen (secondary N) is 1. The van der Waals surface area contributed by atoms with Gasteiger partial charge in [-0.15, -0.1) is 0 Å². The number of rotatable bonds is 7. The minimum Gasteiger partial charge on any atom is -0.484 e. The van der Waals surface area contributed by atoms with Gasteiger partial charge in [-0.25, -0.2) is 10.1 Å². The maximum absolute atomic E-state index is 12.0. The number of hydrazone groups is 1. The summed E-state index contributed by atoms with van der Waals surface area (Å²) >= 11 is 0. The van der Waals surface area contributed by atoms with Gasteiger partial charge in [-0.05, 0) is 32.4 Å². The van der Waals surface area contributed by atoms with E-state index in [1.54, 1.807) is 10.9 Å². The second-order valence-corrected chi connectivity index (χ2v) is 6.69. The normalized spacial score (nSPS) is 13.2. The molecule has 1 aliphatic rings. The second kappa shape index (κ2) is 9.50. The van der Waals surface area contributed by atoms with Gasteiger partial charge in [0.25, 0.3) is 5.91 Å². The fraction of sp³-hybridized carbons (Fsp3) is 0.174. The summed E-state index contributed by atoms with van der Waals surface area (Å²) in [6.45, 7) is 7.73. The van der Waals surface area contributed by atoms with E-state index < -0.39 is 0 Å². The predicted molar refractivity (Wildman–Crippen MR) is 116 cm³/mol. The molecule has 1 heterocycles. The van der Waals surface area contributed by atoms with Crippen LogP contribution >= 0.6 is 0 Å². The SMILES string of the molecule is C=C(C)n1cc(/C=N/NC(=O)COC2=CCC=CC=C2)c(-c2ccc(C)cc2)n1. The molecular weight excluding hydrogens is 364 g/mol. The lowest BCUT2D eigenvalue weighted by Gasteiger charge is -2.05. The summed E-state index contributed by atoms with van der Waals surface area (Å²) in [5.41, 5.74) is 6.96. The van der Waals surface area contributed by atoms with E-state index in [0.29, 0.717) is 5.76 Å². The number of carbonyl (C=O) groups is 1. The van der Waals surface area contributed by atoms with E-state index >= 15 is 0 Å². The van der Waals surface area contributed by atoms with E-state index in [4.69, 9.17) is 4.74 Å². The van der Waals surface area contributed by atoms with Gasteiger partial charge in [0.1, 0.15) is 11.5 Å². The minimum absolute atomic E-state index is 0.108. The molecule has 1 N–H and O–H groups in total. The summed E-state index contributed by atoms with van der Waals surface area (Å²) < 4.78 is 7.18. The number of hydrogen-bond donors (Lipinski definition) is 1. The quantitative estimate of drug-likeness (QED) is 0.570. The van der Waals surface area contributed by atoms with E-state index in [0.717, 1.165) is 28.9 Å². The lowest BCUT2D eigenvalue weighted by molar-refractivity contribution is -0.124. The van der Waals surface area contributed by atoms with E-state index in [2.05, 4.69) is 22.2 Å². The molecule has 0 atom stereocenters. The average molecular weight is 388 g/mol. The summed E-state index contributed by atoms with van der Waals surface area (Å²) in [6, 6.07) is 8.07. The Balaban J connectivity index is 1.66. The molecule has 1 aromatic heterocycles. The van der Waals surface area contributed by atoms with Crippen molar-refractivity contribution in [3.63, 3.8) is 0 Å². The van der Waals surface area contributed by atoms with Gasteiger partial charge >= 0.3 is 0 Å². The average Bonchev–Trinajstić information content (AvgIpc) is 2.95. The topological polar surface area (TPSA) is 68.5 Å². The van der Waals surface area contributed by atoms with Gasteiger partial charge in [0.15, 0.2) is 6.61 Å². The summed E-state index contributed by atoms with van der Waals surface area (Å²) in [6.07, 6.45) is 13.7.